The standard InChI is InChI=1S/C29H20BrFN2O/c30-20-13-11-19(12-14-20)27-26(24-7-3-4-8-25(24)32-27)28-22-5-1-2-6-23(22)29(34)33(28)17-18-9-15-21(31)16-10-18/h1-16,28,32H,17H2/t28-/m0/s1. The third kappa shape index (κ3) is 3.44. The Labute approximate surface area is 205 Å². The van der Waals surface area contributed by atoms with Crippen molar-refractivity contribution >= 4 is 32.7 Å². The van der Waals surface area contributed by atoms with E-state index in [1.165, 1.54) is 12.1 Å². The van der Waals surface area contributed by atoms with Gasteiger partial charge in [0, 0.05) is 33.0 Å². The van der Waals surface area contributed by atoms with Crippen molar-refractivity contribution in [2.24, 2.45) is 0 Å². The third-order valence-corrected chi connectivity index (χ3v) is 7.01. The lowest BCUT2D eigenvalue weighted by molar-refractivity contribution is 0.0737. The van der Waals surface area contributed by atoms with Gasteiger partial charge in [0.2, 0.25) is 0 Å². The van der Waals surface area contributed by atoms with E-state index in [0.717, 1.165) is 43.3 Å². The van der Waals surface area contributed by atoms with Crippen LogP contribution in [-0.2, 0) is 6.54 Å². The van der Waals surface area contributed by atoms with Crippen molar-refractivity contribution in [3.05, 3.63) is 130 Å². The second kappa shape index (κ2) is 8.26. The maximum Gasteiger partial charge on any atom is 0.255 e. The zero-order valence-electron chi connectivity index (χ0n) is 18.1. The van der Waals surface area contributed by atoms with Crippen molar-refractivity contribution in [1.82, 2.24) is 9.88 Å². The molecular weight excluding hydrogens is 491 g/mol. The fourth-order valence-electron chi connectivity index (χ4n) is 4.92. The molecule has 4 aromatic carbocycles. The van der Waals surface area contributed by atoms with Gasteiger partial charge in [-0.2, -0.15) is 0 Å². The zero-order valence-corrected chi connectivity index (χ0v) is 19.7. The zero-order chi connectivity index (χ0) is 23.2. The minimum Gasteiger partial charge on any atom is -0.354 e. The number of H-pyrrole nitrogens is 1. The van der Waals surface area contributed by atoms with E-state index in [1.54, 1.807) is 12.1 Å². The molecule has 1 aromatic heterocycles. The monoisotopic (exact) mass is 510 g/mol. The number of hydrogen-bond acceptors (Lipinski definition) is 1. The highest BCUT2D eigenvalue weighted by molar-refractivity contribution is 9.10. The summed E-state index contributed by atoms with van der Waals surface area (Å²) in [5.74, 6) is -0.303. The molecule has 1 amide bonds. The SMILES string of the molecule is O=C1c2ccccc2[C@@H](c2c(-c3ccc(Br)cc3)[nH]c3ccccc23)N1Cc1ccc(F)cc1. The van der Waals surface area contributed by atoms with Crippen LogP contribution in [0.4, 0.5) is 4.39 Å². The van der Waals surface area contributed by atoms with Gasteiger partial charge in [0.05, 0.1) is 11.7 Å². The Morgan fingerprint density at radius 1 is 0.853 bits per heavy atom. The molecule has 3 nitrogen and oxygen atoms in total. The van der Waals surface area contributed by atoms with Crippen LogP contribution in [0.15, 0.2) is 102 Å². The highest BCUT2D eigenvalue weighted by atomic mass is 79.9. The van der Waals surface area contributed by atoms with Crippen LogP contribution in [0.3, 0.4) is 0 Å². The highest BCUT2D eigenvalue weighted by Crippen LogP contribution is 2.46. The van der Waals surface area contributed by atoms with Gasteiger partial charge in [-0.25, -0.2) is 4.39 Å². The molecule has 2 heterocycles. The van der Waals surface area contributed by atoms with Crippen LogP contribution in [0, 0.1) is 5.82 Å². The van der Waals surface area contributed by atoms with Crippen molar-refractivity contribution in [2.45, 2.75) is 12.6 Å². The Morgan fingerprint density at radius 3 is 2.35 bits per heavy atom. The van der Waals surface area contributed by atoms with Crippen LogP contribution >= 0.6 is 15.9 Å². The van der Waals surface area contributed by atoms with Crippen molar-refractivity contribution in [3.63, 3.8) is 0 Å². The number of rotatable bonds is 4. The van der Waals surface area contributed by atoms with Gasteiger partial charge < -0.3 is 9.88 Å². The Kier molecular flexibility index (Phi) is 5.07. The fourth-order valence-corrected chi connectivity index (χ4v) is 5.19. The lowest BCUT2D eigenvalue weighted by atomic mass is 9.93. The van der Waals surface area contributed by atoms with E-state index in [9.17, 15) is 9.18 Å². The fraction of sp³-hybridized carbons (Fsp3) is 0.0690. The number of aromatic nitrogens is 1. The third-order valence-electron chi connectivity index (χ3n) is 6.48. The summed E-state index contributed by atoms with van der Waals surface area (Å²) in [6.45, 7) is 0.387. The topological polar surface area (TPSA) is 36.1 Å². The molecule has 0 radical (unpaired) electrons. The number of fused-ring (bicyclic) bond motifs is 2. The number of halogens is 2. The van der Waals surface area contributed by atoms with Crippen molar-refractivity contribution in [1.29, 1.82) is 0 Å². The van der Waals surface area contributed by atoms with E-state index in [1.807, 2.05) is 53.4 Å². The average Bonchev–Trinajstić information content (AvgIpc) is 3.36. The second-order valence-corrected chi connectivity index (χ2v) is 9.43. The van der Waals surface area contributed by atoms with E-state index in [-0.39, 0.29) is 17.8 Å². The summed E-state index contributed by atoms with van der Waals surface area (Å²) in [4.78, 5) is 19.1. The molecule has 0 spiro atoms. The van der Waals surface area contributed by atoms with Gasteiger partial charge >= 0.3 is 0 Å². The summed E-state index contributed by atoms with van der Waals surface area (Å²) in [7, 11) is 0. The largest absolute Gasteiger partial charge is 0.354 e. The van der Waals surface area contributed by atoms with E-state index < -0.39 is 0 Å². The molecule has 0 bridgehead atoms. The van der Waals surface area contributed by atoms with E-state index in [0.29, 0.717) is 12.1 Å². The average molecular weight is 511 g/mol. The van der Waals surface area contributed by atoms with Gasteiger partial charge in [-0.05, 0) is 53.1 Å². The summed E-state index contributed by atoms with van der Waals surface area (Å²) in [6.07, 6.45) is 0. The summed E-state index contributed by atoms with van der Waals surface area (Å²) in [5.41, 5.74) is 6.71. The smallest absolute Gasteiger partial charge is 0.255 e. The van der Waals surface area contributed by atoms with Crippen LogP contribution in [0.1, 0.15) is 33.1 Å². The molecule has 1 atom stereocenters. The molecule has 5 heteroatoms. The van der Waals surface area contributed by atoms with Gasteiger partial charge in [0.25, 0.3) is 5.91 Å². The predicted octanol–water partition coefficient (Wildman–Crippen LogP) is 7.48. The molecule has 6 rings (SSSR count). The molecule has 0 fully saturated rings. The predicted molar refractivity (Wildman–Crippen MR) is 136 cm³/mol. The molecule has 1 aliphatic rings. The molecule has 166 valence electrons. The van der Waals surface area contributed by atoms with Gasteiger partial charge in [0.15, 0.2) is 0 Å². The number of aromatic amines is 1. The van der Waals surface area contributed by atoms with Crippen molar-refractivity contribution in [2.75, 3.05) is 0 Å². The van der Waals surface area contributed by atoms with Gasteiger partial charge in [-0.3, -0.25) is 4.79 Å². The number of amides is 1. The molecule has 34 heavy (non-hydrogen) atoms. The normalized spacial score (nSPS) is 15.2. The first-order valence-electron chi connectivity index (χ1n) is 11.1. The Hall–Kier alpha value is -3.70. The van der Waals surface area contributed by atoms with E-state index in [4.69, 9.17) is 0 Å². The summed E-state index contributed by atoms with van der Waals surface area (Å²) < 4.78 is 14.6. The molecule has 0 saturated carbocycles. The van der Waals surface area contributed by atoms with Crippen LogP contribution in [0.2, 0.25) is 0 Å². The van der Waals surface area contributed by atoms with Gasteiger partial charge in [-0.15, -0.1) is 0 Å². The first-order chi connectivity index (χ1) is 16.6. The Bertz CT molecular complexity index is 1520. The summed E-state index contributed by atoms with van der Waals surface area (Å²) in [6, 6.07) is 30.3. The van der Waals surface area contributed by atoms with Crippen LogP contribution in [0.25, 0.3) is 22.2 Å². The van der Waals surface area contributed by atoms with Crippen molar-refractivity contribution < 1.29 is 9.18 Å². The number of hydrogen-bond donors (Lipinski definition) is 1. The molecule has 5 aromatic rings. The lowest BCUT2D eigenvalue weighted by Gasteiger charge is -2.27. The van der Waals surface area contributed by atoms with Crippen LogP contribution in [-0.4, -0.2) is 15.8 Å². The van der Waals surface area contributed by atoms with Gasteiger partial charge in [0.1, 0.15) is 5.82 Å². The Balaban J connectivity index is 1.58. The van der Waals surface area contributed by atoms with Crippen LogP contribution < -0.4 is 0 Å². The quantitative estimate of drug-likeness (QED) is 0.267. The minimum atomic E-state index is -0.287. The Morgan fingerprint density at radius 2 is 1.56 bits per heavy atom. The van der Waals surface area contributed by atoms with Gasteiger partial charge in [-0.1, -0.05) is 76.6 Å². The van der Waals surface area contributed by atoms with Crippen molar-refractivity contribution in [3.8, 4) is 11.3 Å². The first kappa shape index (κ1) is 20.9. The lowest BCUT2D eigenvalue weighted by Crippen LogP contribution is -2.28. The highest BCUT2D eigenvalue weighted by Gasteiger charge is 2.40. The molecule has 1 N–H and O–H groups in total. The maximum atomic E-state index is 13.6. The molecule has 0 unspecified atom stereocenters. The maximum absolute atomic E-state index is 13.6. The number of benzene rings is 4. The first-order valence-corrected chi connectivity index (χ1v) is 11.9. The number of para-hydroxylation sites is 1. The number of carbonyl (C=O) groups is 1. The van der Waals surface area contributed by atoms with E-state index in [2.05, 4.69) is 45.2 Å². The number of nitrogens with one attached hydrogen (secondary N) is 1. The number of carbonyl (C=O) groups excluding carboxylic acids is 1. The second-order valence-electron chi connectivity index (χ2n) is 8.52. The molecule has 0 saturated heterocycles. The molecule has 1 aliphatic heterocycles. The molecular formula is C29H20BrFN2O. The van der Waals surface area contributed by atoms with Crippen LogP contribution in [0.5, 0.6) is 0 Å². The summed E-state index contributed by atoms with van der Waals surface area (Å²) >= 11 is 3.53. The number of nitrogens with zero attached hydrogens (tertiary/aromatic N) is 1. The van der Waals surface area contributed by atoms with E-state index >= 15 is 0 Å². The summed E-state index contributed by atoms with van der Waals surface area (Å²) in [5, 5.41) is 1.08. The minimum absolute atomic E-state index is 0.0167. The molecule has 0 aliphatic carbocycles.